The molecular formula is C13H19FN2. The van der Waals surface area contributed by atoms with Crippen molar-refractivity contribution in [1.82, 2.24) is 4.98 Å². The van der Waals surface area contributed by atoms with Crippen molar-refractivity contribution >= 4 is 5.82 Å². The van der Waals surface area contributed by atoms with E-state index >= 15 is 0 Å². The summed E-state index contributed by atoms with van der Waals surface area (Å²) in [5.74, 6) is 1.24. The van der Waals surface area contributed by atoms with Crippen LogP contribution in [0.5, 0.6) is 0 Å². The van der Waals surface area contributed by atoms with Gasteiger partial charge in [-0.1, -0.05) is 19.4 Å². The molecule has 1 aliphatic heterocycles. The minimum atomic E-state index is -0.381. The lowest BCUT2D eigenvalue weighted by atomic mass is 9.98. The Balaban J connectivity index is 2.04. The van der Waals surface area contributed by atoms with Gasteiger partial charge in [-0.05, 0) is 37.3 Å². The first-order valence-electron chi connectivity index (χ1n) is 6.17. The van der Waals surface area contributed by atoms with Crippen molar-refractivity contribution in [2.45, 2.75) is 32.6 Å². The van der Waals surface area contributed by atoms with E-state index in [1.54, 1.807) is 6.07 Å². The predicted octanol–water partition coefficient (Wildman–Crippen LogP) is 3.24. The second kappa shape index (κ2) is 5.28. The summed E-state index contributed by atoms with van der Waals surface area (Å²) in [6.07, 6.45) is 4.94. The van der Waals surface area contributed by atoms with Gasteiger partial charge in [0.15, 0.2) is 0 Å². The first kappa shape index (κ1) is 11.4. The number of halogens is 1. The van der Waals surface area contributed by atoms with Crippen molar-refractivity contribution in [3.8, 4) is 0 Å². The normalized spacial score (nSPS) is 21.9. The highest BCUT2D eigenvalue weighted by molar-refractivity contribution is 5.37. The fourth-order valence-corrected chi connectivity index (χ4v) is 2.38. The van der Waals surface area contributed by atoms with Gasteiger partial charge in [0.1, 0.15) is 5.82 Å². The Kier molecular flexibility index (Phi) is 3.75. The zero-order valence-corrected chi connectivity index (χ0v) is 9.82. The number of hydrogen-bond acceptors (Lipinski definition) is 2. The maximum Gasteiger partial charge on any atom is 0.214 e. The lowest BCUT2D eigenvalue weighted by Crippen LogP contribution is -2.25. The van der Waals surface area contributed by atoms with E-state index in [0.29, 0.717) is 0 Å². The molecule has 1 aromatic heterocycles. The molecule has 0 saturated carbocycles. The molecule has 1 atom stereocenters. The second-order valence-electron chi connectivity index (χ2n) is 4.51. The van der Waals surface area contributed by atoms with Crippen molar-refractivity contribution in [3.63, 3.8) is 0 Å². The van der Waals surface area contributed by atoms with Crippen molar-refractivity contribution in [3.05, 3.63) is 24.1 Å². The molecule has 1 saturated heterocycles. The van der Waals surface area contributed by atoms with Crippen LogP contribution in [-0.4, -0.2) is 18.1 Å². The average molecular weight is 222 g/mol. The molecule has 16 heavy (non-hydrogen) atoms. The number of pyridine rings is 1. The van der Waals surface area contributed by atoms with Gasteiger partial charge in [0.05, 0.1) is 0 Å². The molecule has 88 valence electrons. The number of hydrogen-bond donors (Lipinski definition) is 0. The molecule has 0 spiro atoms. The lowest BCUT2D eigenvalue weighted by Gasteiger charge is -2.21. The molecule has 0 radical (unpaired) electrons. The molecule has 2 heterocycles. The highest BCUT2D eigenvalue weighted by atomic mass is 19.1. The van der Waals surface area contributed by atoms with Crippen molar-refractivity contribution in [2.24, 2.45) is 5.92 Å². The van der Waals surface area contributed by atoms with Gasteiger partial charge in [0.2, 0.25) is 5.95 Å². The molecule has 0 bridgehead atoms. The quantitative estimate of drug-likeness (QED) is 0.714. The van der Waals surface area contributed by atoms with E-state index in [9.17, 15) is 4.39 Å². The summed E-state index contributed by atoms with van der Waals surface area (Å²) in [5.41, 5.74) is 0. The van der Waals surface area contributed by atoms with Gasteiger partial charge in [-0.25, -0.2) is 4.98 Å². The van der Waals surface area contributed by atoms with Gasteiger partial charge in [0.25, 0.3) is 0 Å². The zero-order valence-electron chi connectivity index (χ0n) is 9.82. The third kappa shape index (κ3) is 2.71. The maximum absolute atomic E-state index is 13.0. The minimum Gasteiger partial charge on any atom is -0.357 e. The lowest BCUT2D eigenvalue weighted by molar-refractivity contribution is 0.459. The van der Waals surface area contributed by atoms with Crippen LogP contribution >= 0.6 is 0 Å². The predicted molar refractivity (Wildman–Crippen MR) is 64.0 cm³/mol. The van der Waals surface area contributed by atoms with Crippen LogP contribution in [0, 0.1) is 11.9 Å². The highest BCUT2D eigenvalue weighted by Crippen LogP contribution is 2.23. The topological polar surface area (TPSA) is 16.1 Å². The Hall–Kier alpha value is -1.12. The third-order valence-corrected chi connectivity index (χ3v) is 3.45. The Bertz CT molecular complexity index is 340. The van der Waals surface area contributed by atoms with Crippen LogP contribution in [-0.2, 0) is 0 Å². The molecule has 2 rings (SSSR count). The summed E-state index contributed by atoms with van der Waals surface area (Å²) in [6, 6.07) is 5.03. The number of rotatable bonds is 2. The second-order valence-corrected chi connectivity index (χ2v) is 4.51. The Morgan fingerprint density at radius 1 is 1.38 bits per heavy atom. The monoisotopic (exact) mass is 222 g/mol. The van der Waals surface area contributed by atoms with Crippen molar-refractivity contribution < 1.29 is 4.39 Å². The van der Waals surface area contributed by atoms with Gasteiger partial charge in [-0.3, -0.25) is 0 Å². The first-order valence-corrected chi connectivity index (χ1v) is 6.17. The molecule has 0 N–H and O–H groups in total. The molecule has 1 unspecified atom stereocenters. The Morgan fingerprint density at radius 2 is 2.25 bits per heavy atom. The largest absolute Gasteiger partial charge is 0.357 e. The summed E-state index contributed by atoms with van der Waals surface area (Å²) in [5, 5.41) is 0. The maximum atomic E-state index is 13.0. The van der Waals surface area contributed by atoms with E-state index in [1.807, 2.05) is 6.07 Å². The van der Waals surface area contributed by atoms with Crippen LogP contribution in [0.3, 0.4) is 0 Å². The molecule has 0 amide bonds. The van der Waals surface area contributed by atoms with E-state index in [4.69, 9.17) is 0 Å². The third-order valence-electron chi connectivity index (χ3n) is 3.45. The molecule has 0 aromatic carbocycles. The fourth-order valence-electron chi connectivity index (χ4n) is 2.38. The standard InChI is InChI=1S/C13H19FN2/c1-2-11-5-4-9-16(10-8-11)13-7-3-6-12(14)15-13/h3,6-7,11H,2,4-5,8-10H2,1H3. The van der Waals surface area contributed by atoms with Crippen molar-refractivity contribution in [1.29, 1.82) is 0 Å². The van der Waals surface area contributed by atoms with Crippen molar-refractivity contribution in [2.75, 3.05) is 18.0 Å². The average Bonchev–Trinajstić information content (AvgIpc) is 2.54. The van der Waals surface area contributed by atoms with Gasteiger partial charge in [-0.15, -0.1) is 0 Å². The van der Waals surface area contributed by atoms with Crippen LogP contribution < -0.4 is 4.90 Å². The van der Waals surface area contributed by atoms with E-state index in [-0.39, 0.29) is 5.95 Å². The van der Waals surface area contributed by atoms with Crippen LogP contribution in [0.15, 0.2) is 18.2 Å². The van der Waals surface area contributed by atoms with Gasteiger partial charge < -0.3 is 4.90 Å². The van der Waals surface area contributed by atoms with Gasteiger partial charge in [-0.2, -0.15) is 4.39 Å². The fraction of sp³-hybridized carbons (Fsp3) is 0.615. The van der Waals surface area contributed by atoms with E-state index in [0.717, 1.165) is 24.8 Å². The summed E-state index contributed by atoms with van der Waals surface area (Å²) in [7, 11) is 0. The highest BCUT2D eigenvalue weighted by Gasteiger charge is 2.16. The number of aromatic nitrogens is 1. The molecule has 1 fully saturated rings. The first-order chi connectivity index (χ1) is 7.79. The van der Waals surface area contributed by atoms with Gasteiger partial charge in [0, 0.05) is 13.1 Å². The van der Waals surface area contributed by atoms with E-state index in [2.05, 4.69) is 16.8 Å². The summed E-state index contributed by atoms with van der Waals surface area (Å²) in [6.45, 7) is 4.27. The smallest absolute Gasteiger partial charge is 0.214 e. The summed E-state index contributed by atoms with van der Waals surface area (Å²) < 4.78 is 13.0. The van der Waals surface area contributed by atoms with Crippen LogP contribution in [0.4, 0.5) is 10.2 Å². The van der Waals surface area contributed by atoms with Crippen LogP contribution in [0.2, 0.25) is 0 Å². The Labute approximate surface area is 96.5 Å². The van der Waals surface area contributed by atoms with Gasteiger partial charge >= 0.3 is 0 Å². The molecule has 3 heteroatoms. The number of nitrogens with zero attached hydrogens (tertiary/aromatic N) is 2. The number of anilines is 1. The summed E-state index contributed by atoms with van der Waals surface area (Å²) in [4.78, 5) is 6.16. The molecular weight excluding hydrogens is 203 g/mol. The SMILES string of the molecule is CCC1CCCN(c2cccc(F)n2)CC1. The van der Waals surface area contributed by atoms with E-state index < -0.39 is 0 Å². The zero-order chi connectivity index (χ0) is 11.4. The molecule has 1 aliphatic rings. The minimum absolute atomic E-state index is 0.381. The summed E-state index contributed by atoms with van der Waals surface area (Å²) >= 11 is 0. The molecule has 2 nitrogen and oxygen atoms in total. The van der Waals surface area contributed by atoms with Crippen LogP contribution in [0.1, 0.15) is 32.6 Å². The molecule has 0 aliphatic carbocycles. The Morgan fingerprint density at radius 3 is 3.00 bits per heavy atom. The van der Waals surface area contributed by atoms with E-state index in [1.165, 1.54) is 31.7 Å². The molecule has 1 aromatic rings. The van der Waals surface area contributed by atoms with Crippen LogP contribution in [0.25, 0.3) is 0 Å².